The molecular weight excluding hydrogens is 262 g/mol. The molecule has 21 heavy (non-hydrogen) atoms. The molecule has 0 amide bonds. The monoisotopic (exact) mass is 289 g/mol. The third-order valence-corrected chi connectivity index (χ3v) is 5.95. The fourth-order valence-corrected chi connectivity index (χ4v) is 5.48. The third-order valence-electron chi connectivity index (χ3n) is 5.95. The van der Waals surface area contributed by atoms with Crippen LogP contribution in [-0.4, -0.2) is 23.3 Å². The van der Waals surface area contributed by atoms with Crippen LogP contribution in [0.4, 0.5) is 0 Å². The van der Waals surface area contributed by atoms with Gasteiger partial charge in [0, 0.05) is 11.8 Å². The minimum atomic E-state index is 0.252. The van der Waals surface area contributed by atoms with Crippen LogP contribution in [-0.2, 0) is 11.8 Å². The van der Waals surface area contributed by atoms with E-state index in [1.54, 1.807) is 0 Å². The molecule has 4 fully saturated rings. The number of hydrogen-bond donors (Lipinski definition) is 1. The van der Waals surface area contributed by atoms with Gasteiger partial charge in [-0.05, 0) is 75.8 Å². The topological polar surface area (TPSA) is 51.0 Å². The van der Waals surface area contributed by atoms with E-state index in [9.17, 15) is 0 Å². The zero-order chi connectivity index (χ0) is 14.3. The first-order valence-corrected chi connectivity index (χ1v) is 8.81. The molecule has 4 nitrogen and oxygen atoms in total. The van der Waals surface area contributed by atoms with Crippen molar-refractivity contribution in [3.63, 3.8) is 0 Å². The van der Waals surface area contributed by atoms with Crippen molar-refractivity contribution in [1.82, 2.24) is 15.5 Å². The molecule has 5 rings (SSSR count). The summed E-state index contributed by atoms with van der Waals surface area (Å²) < 4.78 is 6.10. The van der Waals surface area contributed by atoms with Crippen LogP contribution in [0.2, 0.25) is 0 Å². The van der Waals surface area contributed by atoms with E-state index in [0.717, 1.165) is 55.5 Å². The Morgan fingerprint density at radius 1 is 1.10 bits per heavy atom. The quantitative estimate of drug-likeness (QED) is 0.818. The second-order valence-electron chi connectivity index (χ2n) is 7.66. The molecule has 4 heteroatoms. The first-order chi connectivity index (χ1) is 10.3. The maximum Gasteiger partial charge on any atom is 0.222 e. The van der Waals surface area contributed by atoms with Gasteiger partial charge in [0.05, 0.1) is 0 Å². The lowest BCUT2D eigenvalue weighted by Crippen LogP contribution is -2.48. The average molecular weight is 289 g/mol. The van der Waals surface area contributed by atoms with Crippen LogP contribution < -0.4 is 5.32 Å². The molecule has 0 aliphatic heterocycles. The van der Waals surface area contributed by atoms with Crippen molar-refractivity contribution in [3.05, 3.63) is 11.8 Å². The molecule has 4 bridgehead atoms. The van der Waals surface area contributed by atoms with Gasteiger partial charge in [0.15, 0.2) is 0 Å². The molecule has 1 aromatic heterocycles. The zero-order valence-corrected chi connectivity index (χ0v) is 13.1. The van der Waals surface area contributed by atoms with Gasteiger partial charge in [0.1, 0.15) is 0 Å². The Hall–Kier alpha value is -0.900. The van der Waals surface area contributed by atoms with Crippen molar-refractivity contribution in [2.75, 3.05) is 13.1 Å². The maximum absolute atomic E-state index is 6.10. The Morgan fingerprint density at radius 3 is 2.38 bits per heavy atom. The highest BCUT2D eigenvalue weighted by Crippen LogP contribution is 2.60. The van der Waals surface area contributed by atoms with Crippen LogP contribution in [0.15, 0.2) is 4.42 Å². The predicted molar refractivity (Wildman–Crippen MR) is 81.0 cm³/mol. The van der Waals surface area contributed by atoms with Gasteiger partial charge in [0.2, 0.25) is 11.8 Å². The Labute approximate surface area is 127 Å². The van der Waals surface area contributed by atoms with Crippen molar-refractivity contribution in [2.45, 2.75) is 63.7 Å². The van der Waals surface area contributed by atoms with Gasteiger partial charge in [-0.15, -0.1) is 10.2 Å². The van der Waals surface area contributed by atoms with Crippen LogP contribution in [0.5, 0.6) is 0 Å². The molecule has 116 valence electrons. The lowest BCUT2D eigenvalue weighted by atomic mass is 9.49. The number of rotatable bonds is 6. The van der Waals surface area contributed by atoms with Crippen molar-refractivity contribution >= 4 is 0 Å². The number of aryl methyl sites for hydroxylation is 1. The summed E-state index contributed by atoms with van der Waals surface area (Å²) in [4.78, 5) is 0. The second-order valence-corrected chi connectivity index (χ2v) is 7.66. The molecule has 4 saturated carbocycles. The molecule has 4 aliphatic carbocycles. The van der Waals surface area contributed by atoms with Crippen molar-refractivity contribution in [3.8, 4) is 0 Å². The maximum atomic E-state index is 6.10. The Bertz CT molecular complexity index is 461. The van der Waals surface area contributed by atoms with E-state index < -0.39 is 0 Å². The number of aromatic nitrogens is 2. The van der Waals surface area contributed by atoms with E-state index in [1.807, 2.05) is 0 Å². The second kappa shape index (κ2) is 5.38. The fourth-order valence-electron chi connectivity index (χ4n) is 5.48. The molecule has 0 radical (unpaired) electrons. The van der Waals surface area contributed by atoms with Crippen LogP contribution in [0.3, 0.4) is 0 Å². The summed E-state index contributed by atoms with van der Waals surface area (Å²) in [6.07, 6.45) is 10.3. The normalized spacial score (nSPS) is 37.3. The largest absolute Gasteiger partial charge is 0.425 e. The minimum Gasteiger partial charge on any atom is -0.425 e. The molecule has 0 saturated heterocycles. The first-order valence-electron chi connectivity index (χ1n) is 8.81. The molecule has 4 aliphatic rings. The smallest absolute Gasteiger partial charge is 0.222 e. The van der Waals surface area contributed by atoms with Gasteiger partial charge in [-0.3, -0.25) is 0 Å². The molecule has 0 aromatic carbocycles. The molecule has 0 atom stereocenters. The molecule has 1 N–H and O–H groups in total. The van der Waals surface area contributed by atoms with E-state index in [2.05, 4.69) is 22.4 Å². The zero-order valence-electron chi connectivity index (χ0n) is 13.1. The van der Waals surface area contributed by atoms with Gasteiger partial charge in [-0.2, -0.15) is 0 Å². The van der Waals surface area contributed by atoms with Crippen LogP contribution in [0.25, 0.3) is 0 Å². The summed E-state index contributed by atoms with van der Waals surface area (Å²) in [7, 11) is 0. The number of nitrogens with one attached hydrogen (secondary N) is 1. The highest BCUT2D eigenvalue weighted by molar-refractivity contribution is 5.14. The lowest BCUT2D eigenvalue weighted by Gasteiger charge is -2.55. The standard InChI is InChI=1S/C17H27N3O/c1-2-18-5-3-4-15-19-20-16(21-15)17-9-12-6-13(10-17)8-14(7-12)11-17/h12-14,18H,2-11H2,1H3. The fraction of sp³-hybridized carbons (Fsp3) is 0.882. The summed E-state index contributed by atoms with van der Waals surface area (Å²) in [6.45, 7) is 4.20. The van der Waals surface area contributed by atoms with Crippen molar-refractivity contribution in [1.29, 1.82) is 0 Å². The molecule has 1 aromatic rings. The van der Waals surface area contributed by atoms with Gasteiger partial charge in [-0.1, -0.05) is 6.92 Å². The first kappa shape index (κ1) is 13.7. The average Bonchev–Trinajstić information content (AvgIpc) is 2.92. The van der Waals surface area contributed by atoms with Gasteiger partial charge in [-0.25, -0.2) is 0 Å². The Kier molecular flexibility index (Phi) is 3.52. The van der Waals surface area contributed by atoms with Crippen LogP contribution >= 0.6 is 0 Å². The van der Waals surface area contributed by atoms with Crippen molar-refractivity contribution < 1.29 is 4.42 Å². The molecule has 0 unspecified atom stereocenters. The lowest BCUT2D eigenvalue weighted by molar-refractivity contribution is -0.0182. The number of nitrogens with zero attached hydrogens (tertiary/aromatic N) is 2. The van der Waals surface area contributed by atoms with E-state index in [4.69, 9.17) is 4.42 Å². The molecule has 0 spiro atoms. The highest BCUT2D eigenvalue weighted by atomic mass is 16.4. The van der Waals surface area contributed by atoms with Crippen LogP contribution in [0.1, 0.15) is 63.7 Å². The Balaban J connectivity index is 1.45. The van der Waals surface area contributed by atoms with Gasteiger partial charge < -0.3 is 9.73 Å². The molecular formula is C17H27N3O. The summed E-state index contributed by atoms with van der Waals surface area (Å²) >= 11 is 0. The number of hydrogen-bond acceptors (Lipinski definition) is 4. The predicted octanol–water partition coefficient (Wildman–Crippen LogP) is 3.08. The summed E-state index contributed by atoms with van der Waals surface area (Å²) in [6, 6.07) is 0. The molecule has 1 heterocycles. The summed E-state index contributed by atoms with van der Waals surface area (Å²) in [5, 5.41) is 12.1. The summed E-state index contributed by atoms with van der Waals surface area (Å²) in [5.41, 5.74) is 0.252. The van der Waals surface area contributed by atoms with E-state index in [1.165, 1.54) is 38.5 Å². The van der Waals surface area contributed by atoms with E-state index in [-0.39, 0.29) is 5.41 Å². The van der Waals surface area contributed by atoms with E-state index >= 15 is 0 Å². The van der Waals surface area contributed by atoms with Crippen molar-refractivity contribution in [2.24, 2.45) is 17.8 Å². The van der Waals surface area contributed by atoms with Gasteiger partial charge >= 0.3 is 0 Å². The minimum absolute atomic E-state index is 0.252. The van der Waals surface area contributed by atoms with Gasteiger partial charge in [0.25, 0.3) is 0 Å². The Morgan fingerprint density at radius 2 is 1.76 bits per heavy atom. The highest BCUT2D eigenvalue weighted by Gasteiger charge is 2.54. The third kappa shape index (κ3) is 2.52. The van der Waals surface area contributed by atoms with E-state index in [0.29, 0.717) is 0 Å². The summed E-state index contributed by atoms with van der Waals surface area (Å²) in [5.74, 6) is 4.61. The van der Waals surface area contributed by atoms with Crippen LogP contribution in [0, 0.1) is 17.8 Å². The SMILES string of the molecule is CCNCCCc1nnc(C23CC4CC(CC(C4)C2)C3)o1.